The quantitative estimate of drug-likeness (QED) is 0.770. The second-order valence-corrected chi connectivity index (χ2v) is 7.55. The standard InChI is InChI=1S/C21H15F2N3OS/c22-13-6-7-14-15-8-9-17(23)19(27)18(15)21(16(14)10-13,12-4-2-1-3-5-12)26-11-24-20(28)25-26/h1-11,14,16,18H,(H,25,28). The van der Waals surface area contributed by atoms with Crippen molar-refractivity contribution in [1.82, 2.24) is 14.8 Å². The second-order valence-electron chi connectivity index (χ2n) is 7.16. The van der Waals surface area contributed by atoms with Crippen molar-refractivity contribution in [3.8, 4) is 0 Å². The first-order chi connectivity index (χ1) is 13.5. The van der Waals surface area contributed by atoms with Crippen LogP contribution in [-0.4, -0.2) is 20.5 Å². The summed E-state index contributed by atoms with van der Waals surface area (Å²) in [6.07, 6.45) is 9.01. The minimum absolute atomic E-state index is 0.236. The van der Waals surface area contributed by atoms with Crippen molar-refractivity contribution >= 4 is 18.0 Å². The van der Waals surface area contributed by atoms with Gasteiger partial charge in [-0.15, -0.1) is 0 Å². The molecule has 4 atom stereocenters. The number of hydrogen-bond acceptors (Lipinski definition) is 3. The SMILES string of the molecule is O=C1C(F)=CC=C2C3C=CC(F)=CC3C(c3ccccc3)(n3cnc(=S)[nH]3)C12. The molecular formula is C21H15F2N3OS. The molecule has 1 saturated carbocycles. The van der Waals surface area contributed by atoms with Crippen LogP contribution in [0.25, 0.3) is 0 Å². The molecular weight excluding hydrogens is 380 g/mol. The molecule has 5 rings (SSSR count). The maximum atomic E-state index is 14.5. The first-order valence-electron chi connectivity index (χ1n) is 8.90. The summed E-state index contributed by atoms with van der Waals surface area (Å²) >= 11 is 5.16. The molecule has 0 spiro atoms. The number of benzene rings is 1. The normalized spacial score (nSPS) is 31.0. The summed E-state index contributed by atoms with van der Waals surface area (Å²) in [6.45, 7) is 0. The zero-order valence-corrected chi connectivity index (χ0v) is 15.4. The first-order valence-corrected chi connectivity index (χ1v) is 9.31. The van der Waals surface area contributed by atoms with Gasteiger partial charge in [-0.05, 0) is 41.6 Å². The van der Waals surface area contributed by atoms with Gasteiger partial charge in [0.05, 0.1) is 5.92 Å². The minimum Gasteiger partial charge on any atom is -0.291 e. The summed E-state index contributed by atoms with van der Waals surface area (Å²) in [5.41, 5.74) is 0.393. The van der Waals surface area contributed by atoms with E-state index in [1.54, 1.807) is 16.8 Å². The van der Waals surface area contributed by atoms with Gasteiger partial charge in [-0.2, -0.15) is 0 Å². The van der Waals surface area contributed by atoms with Gasteiger partial charge in [-0.3, -0.25) is 14.6 Å². The smallest absolute Gasteiger partial charge is 0.213 e. The largest absolute Gasteiger partial charge is 0.291 e. The van der Waals surface area contributed by atoms with Crippen molar-refractivity contribution in [3.05, 3.63) is 94.6 Å². The fraction of sp³-hybridized carbons (Fsp3) is 0.190. The Bertz CT molecular complexity index is 1160. The fourth-order valence-corrected chi connectivity index (χ4v) is 5.06. The molecule has 1 N–H and O–H groups in total. The molecule has 140 valence electrons. The van der Waals surface area contributed by atoms with E-state index in [0.717, 1.165) is 11.1 Å². The van der Waals surface area contributed by atoms with Gasteiger partial charge in [0.25, 0.3) is 0 Å². The Balaban J connectivity index is 1.89. The molecule has 4 nitrogen and oxygen atoms in total. The number of aromatic amines is 1. The molecule has 0 bridgehead atoms. The molecule has 4 unspecified atom stereocenters. The van der Waals surface area contributed by atoms with Gasteiger partial charge in [-0.1, -0.05) is 42.5 Å². The van der Waals surface area contributed by atoms with Crippen LogP contribution in [0.5, 0.6) is 0 Å². The fourth-order valence-electron chi connectivity index (χ4n) is 4.91. The van der Waals surface area contributed by atoms with Crippen LogP contribution in [0.1, 0.15) is 5.56 Å². The monoisotopic (exact) mass is 395 g/mol. The van der Waals surface area contributed by atoms with Crippen LogP contribution in [0.3, 0.4) is 0 Å². The molecule has 0 aliphatic heterocycles. The number of ketones is 1. The van der Waals surface area contributed by atoms with Crippen molar-refractivity contribution in [2.75, 3.05) is 0 Å². The summed E-state index contributed by atoms with van der Waals surface area (Å²) in [6, 6.07) is 9.28. The third-order valence-corrected chi connectivity index (χ3v) is 6.11. The van der Waals surface area contributed by atoms with E-state index >= 15 is 0 Å². The van der Waals surface area contributed by atoms with Crippen LogP contribution >= 0.6 is 12.2 Å². The van der Waals surface area contributed by atoms with Crippen molar-refractivity contribution in [2.24, 2.45) is 17.8 Å². The molecule has 1 fully saturated rings. The lowest BCUT2D eigenvalue weighted by atomic mass is 9.70. The van der Waals surface area contributed by atoms with Crippen molar-refractivity contribution < 1.29 is 13.6 Å². The average Bonchev–Trinajstić information content (AvgIpc) is 3.25. The number of nitrogens with one attached hydrogen (secondary N) is 1. The maximum absolute atomic E-state index is 14.5. The van der Waals surface area contributed by atoms with Crippen LogP contribution < -0.4 is 0 Å². The maximum Gasteiger partial charge on any atom is 0.213 e. The Morgan fingerprint density at radius 1 is 1.18 bits per heavy atom. The van der Waals surface area contributed by atoms with Crippen LogP contribution in [0.15, 0.2) is 84.3 Å². The van der Waals surface area contributed by atoms with Gasteiger partial charge < -0.3 is 0 Å². The third kappa shape index (κ3) is 2.16. The lowest BCUT2D eigenvalue weighted by Gasteiger charge is -2.40. The zero-order chi connectivity index (χ0) is 19.5. The Hall–Kier alpha value is -2.93. The second kappa shape index (κ2) is 6.04. The molecule has 3 aliphatic rings. The molecule has 0 radical (unpaired) electrons. The highest BCUT2D eigenvalue weighted by Crippen LogP contribution is 2.60. The lowest BCUT2D eigenvalue weighted by molar-refractivity contribution is -0.122. The number of Topliss-reactive ketones (excluding diaryl/α,β-unsaturated/α-hetero) is 1. The number of carbonyl (C=O) groups excluding carboxylic acids is 1. The lowest BCUT2D eigenvalue weighted by Crippen LogP contribution is -2.48. The Kier molecular flexibility index (Phi) is 3.71. The number of H-pyrrole nitrogens is 1. The van der Waals surface area contributed by atoms with E-state index in [4.69, 9.17) is 12.2 Å². The molecule has 2 aromatic rings. The highest BCUT2D eigenvalue weighted by atomic mass is 32.1. The number of halogens is 2. The van der Waals surface area contributed by atoms with Crippen LogP contribution in [0.2, 0.25) is 0 Å². The summed E-state index contributed by atoms with van der Waals surface area (Å²) < 4.78 is 30.7. The van der Waals surface area contributed by atoms with Crippen molar-refractivity contribution in [3.63, 3.8) is 0 Å². The van der Waals surface area contributed by atoms with Crippen molar-refractivity contribution in [2.45, 2.75) is 5.54 Å². The highest BCUT2D eigenvalue weighted by molar-refractivity contribution is 7.71. The highest BCUT2D eigenvalue weighted by Gasteiger charge is 2.63. The summed E-state index contributed by atoms with van der Waals surface area (Å²) in [5.74, 6) is -3.37. The third-order valence-electron chi connectivity index (χ3n) is 5.92. The summed E-state index contributed by atoms with van der Waals surface area (Å²) in [7, 11) is 0. The molecule has 1 heterocycles. The van der Waals surface area contributed by atoms with E-state index in [2.05, 4.69) is 10.1 Å². The average molecular weight is 395 g/mol. The number of fused-ring (bicyclic) bond motifs is 3. The van der Waals surface area contributed by atoms with E-state index in [0.29, 0.717) is 0 Å². The van der Waals surface area contributed by atoms with E-state index in [-0.39, 0.29) is 16.5 Å². The number of allylic oxidation sites excluding steroid dienone is 8. The van der Waals surface area contributed by atoms with Crippen LogP contribution in [0.4, 0.5) is 8.78 Å². The topological polar surface area (TPSA) is 50.7 Å². The van der Waals surface area contributed by atoms with Crippen LogP contribution in [-0.2, 0) is 10.3 Å². The van der Waals surface area contributed by atoms with Gasteiger partial charge in [0.15, 0.2) is 5.83 Å². The van der Waals surface area contributed by atoms with Crippen LogP contribution in [0, 0.1) is 22.5 Å². The van der Waals surface area contributed by atoms with Gasteiger partial charge in [0, 0.05) is 11.8 Å². The number of aromatic nitrogens is 3. The van der Waals surface area contributed by atoms with Gasteiger partial charge in [0.2, 0.25) is 10.6 Å². The molecule has 1 aromatic heterocycles. The predicted molar refractivity (Wildman–Crippen MR) is 102 cm³/mol. The first kappa shape index (κ1) is 17.2. The molecule has 1 aromatic carbocycles. The number of hydrogen-bond donors (Lipinski definition) is 1. The summed E-state index contributed by atoms with van der Waals surface area (Å²) in [5, 5.41) is 3.00. The van der Waals surface area contributed by atoms with E-state index in [9.17, 15) is 13.6 Å². The van der Waals surface area contributed by atoms with E-state index in [1.807, 2.05) is 30.3 Å². The molecule has 7 heteroatoms. The Morgan fingerprint density at radius 2 is 1.96 bits per heavy atom. The molecule has 0 amide bonds. The summed E-state index contributed by atoms with van der Waals surface area (Å²) in [4.78, 5) is 17.2. The van der Waals surface area contributed by atoms with E-state index in [1.165, 1.54) is 24.6 Å². The van der Waals surface area contributed by atoms with Gasteiger partial charge in [-0.25, -0.2) is 13.8 Å². The van der Waals surface area contributed by atoms with Gasteiger partial charge >= 0.3 is 0 Å². The Labute approximate surface area is 164 Å². The zero-order valence-electron chi connectivity index (χ0n) is 14.5. The predicted octanol–water partition coefficient (Wildman–Crippen LogP) is 4.33. The van der Waals surface area contributed by atoms with Gasteiger partial charge in [0.1, 0.15) is 17.7 Å². The number of nitrogens with zero attached hydrogens (tertiary/aromatic N) is 2. The molecule has 28 heavy (non-hydrogen) atoms. The number of carbonyl (C=O) groups is 1. The van der Waals surface area contributed by atoms with Crippen molar-refractivity contribution in [1.29, 1.82) is 0 Å². The molecule has 0 saturated heterocycles. The number of rotatable bonds is 2. The van der Waals surface area contributed by atoms with E-state index < -0.39 is 29.0 Å². The molecule has 3 aliphatic carbocycles. The Morgan fingerprint density at radius 3 is 2.68 bits per heavy atom. The minimum atomic E-state index is -1.12.